The Bertz CT molecular complexity index is 943. The first-order valence-electron chi connectivity index (χ1n) is 8.43. The lowest BCUT2D eigenvalue weighted by molar-refractivity contribution is 0.102. The molecule has 0 fully saturated rings. The van der Waals surface area contributed by atoms with Crippen molar-refractivity contribution in [1.82, 2.24) is 9.97 Å². The maximum absolute atomic E-state index is 13.8. The van der Waals surface area contributed by atoms with Crippen LogP contribution in [-0.2, 0) is 0 Å². The lowest BCUT2D eigenvalue weighted by Gasteiger charge is -2.21. The van der Waals surface area contributed by atoms with Gasteiger partial charge in [0.1, 0.15) is 23.0 Å². The molecule has 0 spiro atoms. The minimum Gasteiger partial charge on any atom is -0.316 e. The van der Waals surface area contributed by atoms with E-state index in [0.717, 1.165) is 17.8 Å². The van der Waals surface area contributed by atoms with Gasteiger partial charge in [0.2, 0.25) is 5.95 Å². The van der Waals surface area contributed by atoms with Crippen LogP contribution in [0.25, 0.3) is 0 Å². The second kappa shape index (κ2) is 7.90. The molecule has 0 atom stereocenters. The van der Waals surface area contributed by atoms with Gasteiger partial charge in [0.25, 0.3) is 5.91 Å². The molecule has 0 radical (unpaired) electrons. The van der Waals surface area contributed by atoms with Crippen molar-refractivity contribution >= 4 is 23.2 Å². The highest BCUT2D eigenvalue weighted by molar-refractivity contribution is 6.03. The largest absolute Gasteiger partial charge is 0.316 e. The fourth-order valence-electron chi connectivity index (χ4n) is 2.63. The lowest BCUT2D eigenvalue weighted by Crippen LogP contribution is -2.22. The van der Waals surface area contributed by atoms with E-state index in [0.29, 0.717) is 18.2 Å². The van der Waals surface area contributed by atoms with E-state index in [9.17, 15) is 13.6 Å². The van der Waals surface area contributed by atoms with Gasteiger partial charge in [0.15, 0.2) is 0 Å². The molecule has 0 aliphatic carbocycles. The molecule has 0 saturated heterocycles. The van der Waals surface area contributed by atoms with Crippen LogP contribution in [0.5, 0.6) is 0 Å². The van der Waals surface area contributed by atoms with Gasteiger partial charge < -0.3 is 10.2 Å². The SMILES string of the molecule is CCN(c1ccccc1)c1nc(C)cc(C(=O)Nc2c(F)cccc2F)n1. The zero-order valence-electron chi connectivity index (χ0n) is 14.9. The number of benzene rings is 2. The van der Waals surface area contributed by atoms with Crippen LogP contribution >= 0.6 is 0 Å². The number of aromatic nitrogens is 2. The number of para-hydroxylation sites is 2. The van der Waals surface area contributed by atoms with Crippen molar-refractivity contribution in [3.63, 3.8) is 0 Å². The summed E-state index contributed by atoms with van der Waals surface area (Å²) in [6, 6.07) is 14.3. The van der Waals surface area contributed by atoms with Crippen LogP contribution in [0.3, 0.4) is 0 Å². The molecule has 0 unspecified atom stereocenters. The maximum atomic E-state index is 13.8. The summed E-state index contributed by atoms with van der Waals surface area (Å²) in [5.41, 5.74) is 0.955. The van der Waals surface area contributed by atoms with Gasteiger partial charge in [-0.1, -0.05) is 24.3 Å². The molecule has 2 aromatic carbocycles. The molecule has 5 nitrogen and oxygen atoms in total. The Morgan fingerprint density at radius 3 is 2.33 bits per heavy atom. The van der Waals surface area contributed by atoms with Crippen LogP contribution in [0.15, 0.2) is 54.6 Å². The summed E-state index contributed by atoms with van der Waals surface area (Å²) in [6.45, 7) is 4.24. The van der Waals surface area contributed by atoms with Gasteiger partial charge in [-0.05, 0) is 44.2 Å². The van der Waals surface area contributed by atoms with E-state index >= 15 is 0 Å². The molecule has 0 aliphatic rings. The van der Waals surface area contributed by atoms with Gasteiger partial charge in [-0.3, -0.25) is 4.79 Å². The highest BCUT2D eigenvalue weighted by Crippen LogP contribution is 2.23. The summed E-state index contributed by atoms with van der Waals surface area (Å²) in [4.78, 5) is 23.0. The molecule has 1 heterocycles. The van der Waals surface area contributed by atoms with Gasteiger partial charge in [-0.25, -0.2) is 18.7 Å². The third kappa shape index (κ3) is 4.08. The monoisotopic (exact) mass is 368 g/mol. The van der Waals surface area contributed by atoms with Crippen LogP contribution in [0.1, 0.15) is 23.1 Å². The lowest BCUT2D eigenvalue weighted by atomic mass is 10.2. The fraction of sp³-hybridized carbons (Fsp3) is 0.150. The number of nitrogens with one attached hydrogen (secondary N) is 1. The van der Waals surface area contributed by atoms with Crippen molar-refractivity contribution in [2.75, 3.05) is 16.8 Å². The average Bonchev–Trinajstić information content (AvgIpc) is 2.66. The summed E-state index contributed by atoms with van der Waals surface area (Å²) < 4.78 is 27.6. The van der Waals surface area contributed by atoms with Crippen LogP contribution in [0, 0.1) is 18.6 Å². The van der Waals surface area contributed by atoms with Crippen molar-refractivity contribution in [2.24, 2.45) is 0 Å². The highest BCUT2D eigenvalue weighted by atomic mass is 19.1. The van der Waals surface area contributed by atoms with Gasteiger partial charge in [0, 0.05) is 17.9 Å². The normalized spacial score (nSPS) is 10.5. The molecule has 1 aromatic heterocycles. The van der Waals surface area contributed by atoms with Crippen LogP contribution < -0.4 is 10.2 Å². The number of amides is 1. The van der Waals surface area contributed by atoms with Crippen LogP contribution in [0.4, 0.5) is 26.1 Å². The maximum Gasteiger partial charge on any atom is 0.274 e. The van der Waals surface area contributed by atoms with Gasteiger partial charge in [-0.15, -0.1) is 0 Å². The zero-order valence-corrected chi connectivity index (χ0v) is 14.9. The molecule has 0 bridgehead atoms. The number of anilines is 3. The second-order valence-corrected chi connectivity index (χ2v) is 5.83. The molecule has 0 saturated carbocycles. The average molecular weight is 368 g/mol. The number of halogens is 2. The van der Waals surface area contributed by atoms with E-state index < -0.39 is 23.2 Å². The molecule has 3 rings (SSSR count). The number of carbonyl (C=O) groups is 1. The van der Waals surface area contributed by atoms with E-state index in [1.165, 1.54) is 12.1 Å². The molecular formula is C20H18F2N4O. The number of hydrogen-bond acceptors (Lipinski definition) is 4. The third-order valence-corrected chi connectivity index (χ3v) is 3.90. The Kier molecular flexibility index (Phi) is 5.40. The number of hydrogen-bond donors (Lipinski definition) is 1. The van der Waals surface area contributed by atoms with Gasteiger partial charge >= 0.3 is 0 Å². The molecule has 0 aliphatic heterocycles. The molecule has 7 heteroatoms. The second-order valence-electron chi connectivity index (χ2n) is 5.83. The fourth-order valence-corrected chi connectivity index (χ4v) is 2.63. The third-order valence-electron chi connectivity index (χ3n) is 3.90. The number of carbonyl (C=O) groups excluding carboxylic acids is 1. The van der Waals surface area contributed by atoms with E-state index in [2.05, 4.69) is 15.3 Å². The first-order chi connectivity index (χ1) is 13.0. The summed E-state index contributed by atoms with van der Waals surface area (Å²) in [6.07, 6.45) is 0. The van der Waals surface area contributed by atoms with Crippen molar-refractivity contribution in [3.8, 4) is 0 Å². The Balaban J connectivity index is 1.94. The summed E-state index contributed by atoms with van der Waals surface area (Å²) in [5, 5.41) is 2.25. The topological polar surface area (TPSA) is 58.1 Å². The van der Waals surface area contributed by atoms with Crippen molar-refractivity contribution in [1.29, 1.82) is 0 Å². The predicted molar refractivity (Wildman–Crippen MR) is 100 cm³/mol. The molecule has 27 heavy (non-hydrogen) atoms. The summed E-state index contributed by atoms with van der Waals surface area (Å²) >= 11 is 0. The number of nitrogens with zero attached hydrogens (tertiary/aromatic N) is 3. The Morgan fingerprint density at radius 2 is 1.70 bits per heavy atom. The molecule has 1 amide bonds. The van der Waals surface area contributed by atoms with Crippen LogP contribution in [0.2, 0.25) is 0 Å². The quantitative estimate of drug-likeness (QED) is 0.722. The van der Waals surface area contributed by atoms with Gasteiger partial charge in [0.05, 0.1) is 0 Å². The minimum absolute atomic E-state index is 0.0227. The Morgan fingerprint density at radius 1 is 1.04 bits per heavy atom. The summed E-state index contributed by atoms with van der Waals surface area (Å²) in [7, 11) is 0. The smallest absolute Gasteiger partial charge is 0.274 e. The Labute approximate surface area is 155 Å². The molecule has 3 aromatic rings. The van der Waals surface area contributed by atoms with E-state index in [4.69, 9.17) is 0 Å². The van der Waals surface area contributed by atoms with E-state index in [1.54, 1.807) is 6.92 Å². The molecule has 1 N–H and O–H groups in total. The number of rotatable bonds is 5. The Hall–Kier alpha value is -3.35. The van der Waals surface area contributed by atoms with Crippen molar-refractivity contribution < 1.29 is 13.6 Å². The van der Waals surface area contributed by atoms with Crippen molar-refractivity contribution in [2.45, 2.75) is 13.8 Å². The summed E-state index contributed by atoms with van der Waals surface area (Å²) in [5.74, 6) is -2.08. The zero-order chi connectivity index (χ0) is 19.4. The van der Waals surface area contributed by atoms with Crippen LogP contribution in [-0.4, -0.2) is 22.4 Å². The molecular weight excluding hydrogens is 350 g/mol. The van der Waals surface area contributed by atoms with Crippen molar-refractivity contribution in [3.05, 3.63) is 77.6 Å². The predicted octanol–water partition coefficient (Wildman–Crippen LogP) is 4.47. The van der Waals surface area contributed by atoms with E-state index in [1.807, 2.05) is 42.2 Å². The number of aryl methyl sites for hydroxylation is 1. The first-order valence-corrected chi connectivity index (χ1v) is 8.43. The molecule has 138 valence electrons. The minimum atomic E-state index is -0.853. The standard InChI is InChI=1S/C20H18F2N4O/c1-3-26(14-8-5-4-6-9-14)20-23-13(2)12-17(24-20)19(27)25-18-15(21)10-7-11-16(18)22/h4-12H,3H2,1-2H3,(H,25,27). The highest BCUT2D eigenvalue weighted by Gasteiger charge is 2.18. The van der Waals surface area contributed by atoms with Gasteiger partial charge in [-0.2, -0.15) is 0 Å². The first kappa shape index (κ1) is 18.4. The van der Waals surface area contributed by atoms with E-state index in [-0.39, 0.29) is 5.69 Å².